The van der Waals surface area contributed by atoms with Gasteiger partial charge in [-0.3, -0.25) is 10.1 Å². The van der Waals surface area contributed by atoms with Crippen LogP contribution < -0.4 is 4.74 Å². The second-order valence-electron chi connectivity index (χ2n) is 4.54. The Morgan fingerprint density at radius 1 is 1.39 bits per heavy atom. The number of thiophene rings is 1. The molecule has 0 spiro atoms. The summed E-state index contributed by atoms with van der Waals surface area (Å²) in [5.41, 5.74) is 1.10. The molecule has 1 aromatic carbocycles. The number of hydrogen-bond donors (Lipinski definition) is 0. The number of hydrogen-bond acceptors (Lipinski definition) is 7. The van der Waals surface area contributed by atoms with Crippen LogP contribution in [0.3, 0.4) is 0 Å². The molecular weight excluding hydrogens is 320 g/mol. The lowest BCUT2D eigenvalue weighted by Crippen LogP contribution is -2.06. The van der Waals surface area contributed by atoms with E-state index in [9.17, 15) is 14.9 Å². The molecule has 2 heterocycles. The van der Waals surface area contributed by atoms with Gasteiger partial charge < -0.3 is 9.47 Å². The van der Waals surface area contributed by atoms with E-state index in [0.717, 1.165) is 5.56 Å². The zero-order valence-electron chi connectivity index (χ0n) is 11.9. The van der Waals surface area contributed by atoms with Gasteiger partial charge in [0.05, 0.1) is 12.0 Å². The Balaban J connectivity index is 1.98. The fourth-order valence-corrected chi connectivity index (χ4v) is 2.63. The minimum Gasteiger partial charge on any atom is -0.490 e. The van der Waals surface area contributed by atoms with E-state index in [1.165, 1.54) is 30.6 Å². The molecule has 7 nitrogen and oxygen atoms in total. The fourth-order valence-electron chi connectivity index (χ4n) is 2.01. The van der Waals surface area contributed by atoms with Crippen LogP contribution in [0.5, 0.6) is 5.75 Å². The van der Waals surface area contributed by atoms with Gasteiger partial charge in [-0.1, -0.05) is 0 Å². The maximum atomic E-state index is 11.9. The summed E-state index contributed by atoms with van der Waals surface area (Å²) in [5.74, 6) is -0.440. The minimum absolute atomic E-state index is 0.0298. The lowest BCUT2D eigenvalue weighted by Gasteiger charge is -2.03. The summed E-state index contributed by atoms with van der Waals surface area (Å²) in [4.78, 5) is 26.5. The van der Waals surface area contributed by atoms with Crippen molar-refractivity contribution in [3.8, 4) is 5.75 Å². The predicted octanol–water partition coefficient (Wildman–Crippen LogP) is 3.01. The molecule has 1 aromatic heterocycles. The van der Waals surface area contributed by atoms with Crippen LogP contribution >= 0.6 is 11.3 Å². The number of methoxy groups -OCH3 is 1. The van der Waals surface area contributed by atoms with Crippen molar-refractivity contribution in [2.45, 2.75) is 0 Å². The van der Waals surface area contributed by atoms with Crippen LogP contribution in [-0.4, -0.2) is 23.9 Å². The van der Waals surface area contributed by atoms with E-state index < -0.39 is 10.9 Å². The van der Waals surface area contributed by atoms with Crippen LogP contribution in [0.4, 0.5) is 5.69 Å². The van der Waals surface area contributed by atoms with Crippen molar-refractivity contribution < 1.29 is 19.2 Å². The summed E-state index contributed by atoms with van der Waals surface area (Å²) in [6, 6.07) is 6.09. The van der Waals surface area contributed by atoms with Crippen LogP contribution in [0.2, 0.25) is 0 Å². The second-order valence-corrected chi connectivity index (χ2v) is 5.32. The zero-order chi connectivity index (χ0) is 16.4. The Morgan fingerprint density at radius 2 is 2.22 bits per heavy atom. The number of benzene rings is 1. The van der Waals surface area contributed by atoms with E-state index in [2.05, 4.69) is 4.99 Å². The molecule has 3 rings (SSSR count). The summed E-state index contributed by atoms with van der Waals surface area (Å²) < 4.78 is 10.0. The number of cyclic esters (lactones) is 1. The van der Waals surface area contributed by atoms with Gasteiger partial charge in [0.2, 0.25) is 5.90 Å². The van der Waals surface area contributed by atoms with Gasteiger partial charge in [0, 0.05) is 11.6 Å². The normalized spacial score (nSPS) is 15.4. The number of rotatable bonds is 4. The van der Waals surface area contributed by atoms with Crippen LogP contribution in [0.15, 0.2) is 45.7 Å². The molecule has 0 aliphatic carbocycles. The number of nitro benzene ring substituents is 1. The number of carbonyl (C=O) groups is 1. The Hall–Kier alpha value is -3.00. The third-order valence-corrected chi connectivity index (χ3v) is 3.79. The fraction of sp³-hybridized carbons (Fsp3) is 0.0667. The summed E-state index contributed by atoms with van der Waals surface area (Å²) in [5, 5.41) is 14.8. The SMILES string of the molecule is COc1ccc(C2=N/C(=C\c3ccsc3)C(=O)O2)cc1[N+](=O)[O-]. The van der Waals surface area contributed by atoms with E-state index in [0.29, 0.717) is 5.56 Å². The average Bonchev–Trinajstić information content (AvgIpc) is 3.17. The standard InChI is InChI=1S/C15H10N2O5S/c1-21-13-3-2-10(7-12(13)17(19)20)14-16-11(15(18)22-14)6-9-4-5-23-8-9/h2-8H,1H3/b11-6-. The molecule has 0 fully saturated rings. The van der Waals surface area contributed by atoms with Crippen molar-refractivity contribution in [2.75, 3.05) is 7.11 Å². The van der Waals surface area contributed by atoms with E-state index in [4.69, 9.17) is 9.47 Å². The molecule has 0 bridgehead atoms. The van der Waals surface area contributed by atoms with E-state index >= 15 is 0 Å². The van der Waals surface area contributed by atoms with E-state index in [1.54, 1.807) is 12.1 Å². The van der Waals surface area contributed by atoms with Gasteiger partial charge in [-0.15, -0.1) is 0 Å². The second kappa shape index (κ2) is 6.01. The Morgan fingerprint density at radius 3 is 2.87 bits per heavy atom. The Bertz CT molecular complexity index is 840. The molecule has 0 N–H and O–H groups in total. The lowest BCUT2D eigenvalue weighted by molar-refractivity contribution is -0.385. The summed E-state index contributed by atoms with van der Waals surface area (Å²) >= 11 is 1.50. The van der Waals surface area contributed by atoms with Gasteiger partial charge in [0.1, 0.15) is 0 Å². The van der Waals surface area contributed by atoms with Crippen molar-refractivity contribution >= 4 is 35.0 Å². The van der Waals surface area contributed by atoms with Gasteiger partial charge >= 0.3 is 11.7 Å². The third kappa shape index (κ3) is 2.97. The van der Waals surface area contributed by atoms with Crippen LogP contribution in [0.25, 0.3) is 6.08 Å². The molecule has 0 saturated carbocycles. The Labute approximate surface area is 134 Å². The molecule has 2 aromatic rings. The molecular formula is C15H10N2O5S. The molecule has 116 valence electrons. The van der Waals surface area contributed by atoms with Crippen molar-refractivity contribution in [3.63, 3.8) is 0 Å². The lowest BCUT2D eigenvalue weighted by atomic mass is 10.2. The van der Waals surface area contributed by atoms with Gasteiger partial charge in [0.25, 0.3) is 0 Å². The average molecular weight is 330 g/mol. The quantitative estimate of drug-likeness (QED) is 0.372. The van der Waals surface area contributed by atoms with Gasteiger partial charge in [-0.05, 0) is 40.6 Å². The number of nitro groups is 1. The van der Waals surface area contributed by atoms with Crippen LogP contribution in [-0.2, 0) is 9.53 Å². The van der Waals surface area contributed by atoms with Crippen LogP contribution in [0.1, 0.15) is 11.1 Å². The minimum atomic E-state index is -0.593. The summed E-state index contributed by atoms with van der Waals surface area (Å²) in [6.07, 6.45) is 1.60. The number of aliphatic imine (C=N–C) groups is 1. The molecule has 0 radical (unpaired) electrons. The van der Waals surface area contributed by atoms with E-state index in [-0.39, 0.29) is 23.0 Å². The van der Waals surface area contributed by atoms with Crippen molar-refractivity contribution in [3.05, 3.63) is 62.0 Å². The smallest absolute Gasteiger partial charge is 0.363 e. The van der Waals surface area contributed by atoms with Gasteiger partial charge in [-0.2, -0.15) is 11.3 Å². The maximum Gasteiger partial charge on any atom is 0.363 e. The number of ether oxygens (including phenoxy) is 2. The zero-order valence-corrected chi connectivity index (χ0v) is 12.7. The van der Waals surface area contributed by atoms with Crippen molar-refractivity contribution in [1.29, 1.82) is 0 Å². The summed E-state index contributed by atoms with van der Waals surface area (Å²) in [7, 11) is 1.34. The monoisotopic (exact) mass is 330 g/mol. The molecule has 0 amide bonds. The van der Waals surface area contributed by atoms with Crippen LogP contribution in [0, 0.1) is 10.1 Å². The van der Waals surface area contributed by atoms with Crippen molar-refractivity contribution in [1.82, 2.24) is 0 Å². The highest BCUT2D eigenvalue weighted by Crippen LogP contribution is 2.29. The third-order valence-electron chi connectivity index (χ3n) is 3.09. The number of nitrogens with zero attached hydrogens (tertiary/aromatic N) is 2. The Kier molecular flexibility index (Phi) is 3.90. The molecule has 1 aliphatic rings. The molecule has 1 aliphatic heterocycles. The first-order valence-electron chi connectivity index (χ1n) is 6.46. The van der Waals surface area contributed by atoms with Gasteiger partial charge in [0.15, 0.2) is 11.4 Å². The number of carbonyl (C=O) groups excluding carboxylic acids is 1. The highest BCUT2D eigenvalue weighted by atomic mass is 32.1. The molecule has 0 saturated heterocycles. The van der Waals surface area contributed by atoms with Gasteiger partial charge in [-0.25, -0.2) is 9.79 Å². The summed E-state index contributed by atoms with van der Waals surface area (Å²) in [6.45, 7) is 0. The highest BCUT2D eigenvalue weighted by molar-refractivity contribution is 7.08. The van der Waals surface area contributed by atoms with E-state index in [1.807, 2.05) is 16.8 Å². The molecule has 0 unspecified atom stereocenters. The predicted molar refractivity (Wildman–Crippen MR) is 84.6 cm³/mol. The molecule has 8 heteroatoms. The topological polar surface area (TPSA) is 91.0 Å². The molecule has 0 atom stereocenters. The largest absolute Gasteiger partial charge is 0.490 e. The highest BCUT2D eigenvalue weighted by Gasteiger charge is 2.26. The number of esters is 1. The first kappa shape index (κ1) is 14.9. The molecule has 23 heavy (non-hydrogen) atoms. The first-order valence-corrected chi connectivity index (χ1v) is 7.40. The first-order chi connectivity index (χ1) is 11.1. The van der Waals surface area contributed by atoms with Crippen molar-refractivity contribution in [2.24, 2.45) is 4.99 Å². The maximum absolute atomic E-state index is 11.9.